The third-order valence-electron chi connectivity index (χ3n) is 2.35. The molecule has 0 unspecified atom stereocenters. The van der Waals surface area contributed by atoms with Crippen molar-refractivity contribution in [3.63, 3.8) is 0 Å². The van der Waals surface area contributed by atoms with E-state index in [0.29, 0.717) is 12.3 Å². The zero-order valence-corrected chi connectivity index (χ0v) is 7.74. The van der Waals surface area contributed by atoms with Crippen molar-refractivity contribution in [2.75, 3.05) is 7.11 Å². The minimum Gasteiger partial charge on any atom is -0.490 e. The molecule has 0 saturated heterocycles. The highest BCUT2D eigenvalue weighted by atomic mass is 16.6. The van der Waals surface area contributed by atoms with E-state index in [1.807, 2.05) is 0 Å². The first-order chi connectivity index (χ1) is 6.74. The van der Waals surface area contributed by atoms with Crippen molar-refractivity contribution < 1.29 is 9.66 Å². The minimum absolute atomic E-state index is 0.0370. The molecule has 1 aromatic rings. The van der Waals surface area contributed by atoms with E-state index < -0.39 is 4.92 Å². The van der Waals surface area contributed by atoms with Gasteiger partial charge < -0.3 is 10.1 Å². The van der Waals surface area contributed by atoms with Crippen molar-refractivity contribution in [3.8, 4) is 5.75 Å². The molecule has 1 aliphatic rings. The smallest absolute Gasteiger partial charge is 0.311 e. The number of nitrogens with zero attached hydrogens (tertiary/aromatic N) is 1. The molecule has 0 amide bonds. The molecule has 1 heterocycles. The number of fused-ring (bicyclic) bond motifs is 1. The summed E-state index contributed by atoms with van der Waals surface area (Å²) in [6.07, 6.45) is 0. The Morgan fingerprint density at radius 3 is 2.93 bits per heavy atom. The predicted octanol–water partition coefficient (Wildman–Crippen LogP) is 1.21. The second kappa shape index (κ2) is 3.26. The Hall–Kier alpha value is -1.62. The maximum absolute atomic E-state index is 10.7. The van der Waals surface area contributed by atoms with Crippen LogP contribution in [-0.4, -0.2) is 12.0 Å². The van der Waals surface area contributed by atoms with Gasteiger partial charge in [0.1, 0.15) is 0 Å². The van der Waals surface area contributed by atoms with Gasteiger partial charge in [-0.25, -0.2) is 0 Å². The van der Waals surface area contributed by atoms with E-state index in [4.69, 9.17) is 4.74 Å². The van der Waals surface area contributed by atoms with Crippen LogP contribution in [0.1, 0.15) is 11.1 Å². The first-order valence-corrected chi connectivity index (χ1v) is 4.28. The van der Waals surface area contributed by atoms with E-state index in [1.54, 1.807) is 6.07 Å². The number of nitro benzene ring substituents is 1. The highest BCUT2D eigenvalue weighted by Crippen LogP contribution is 2.35. The molecule has 0 bridgehead atoms. The first kappa shape index (κ1) is 8.96. The predicted molar refractivity (Wildman–Crippen MR) is 50.2 cm³/mol. The number of rotatable bonds is 2. The summed E-state index contributed by atoms with van der Waals surface area (Å²) in [6.45, 7) is 1.39. The van der Waals surface area contributed by atoms with Gasteiger partial charge in [0.25, 0.3) is 0 Å². The van der Waals surface area contributed by atoms with Gasteiger partial charge in [-0.3, -0.25) is 10.1 Å². The van der Waals surface area contributed by atoms with E-state index in [2.05, 4.69) is 5.32 Å². The highest BCUT2D eigenvalue weighted by Gasteiger charge is 2.23. The van der Waals surface area contributed by atoms with Gasteiger partial charge in [-0.15, -0.1) is 0 Å². The van der Waals surface area contributed by atoms with Crippen LogP contribution >= 0.6 is 0 Å². The van der Waals surface area contributed by atoms with Gasteiger partial charge in [-0.2, -0.15) is 0 Å². The largest absolute Gasteiger partial charge is 0.490 e. The quantitative estimate of drug-likeness (QED) is 0.567. The van der Waals surface area contributed by atoms with Gasteiger partial charge in [0.2, 0.25) is 5.75 Å². The molecule has 0 fully saturated rings. The van der Waals surface area contributed by atoms with E-state index in [0.717, 1.165) is 17.7 Å². The van der Waals surface area contributed by atoms with Crippen molar-refractivity contribution in [3.05, 3.63) is 33.4 Å². The van der Waals surface area contributed by atoms with Crippen LogP contribution < -0.4 is 10.1 Å². The van der Waals surface area contributed by atoms with E-state index in [1.165, 1.54) is 13.2 Å². The van der Waals surface area contributed by atoms with Crippen molar-refractivity contribution in [1.82, 2.24) is 5.32 Å². The second-order valence-electron chi connectivity index (χ2n) is 3.12. The summed E-state index contributed by atoms with van der Waals surface area (Å²) in [7, 11) is 1.46. The molecular formula is C9H10N2O3. The fourth-order valence-corrected chi connectivity index (χ4v) is 1.71. The van der Waals surface area contributed by atoms with Gasteiger partial charge in [-0.05, 0) is 5.56 Å². The summed E-state index contributed by atoms with van der Waals surface area (Å²) in [4.78, 5) is 10.3. The molecule has 0 aliphatic carbocycles. The van der Waals surface area contributed by atoms with Crippen LogP contribution in [0.5, 0.6) is 5.75 Å². The van der Waals surface area contributed by atoms with Gasteiger partial charge in [-0.1, -0.05) is 6.07 Å². The van der Waals surface area contributed by atoms with Crippen molar-refractivity contribution in [2.24, 2.45) is 0 Å². The number of hydrogen-bond donors (Lipinski definition) is 1. The molecule has 1 aliphatic heterocycles. The summed E-state index contributed by atoms with van der Waals surface area (Å²) in [5, 5.41) is 13.8. The molecule has 1 N–H and O–H groups in total. The molecular weight excluding hydrogens is 184 g/mol. The normalized spacial score (nSPS) is 13.8. The molecule has 1 aromatic carbocycles. The maximum atomic E-state index is 10.7. The number of ether oxygens (including phenoxy) is 1. The lowest BCUT2D eigenvalue weighted by atomic mass is 10.1. The molecule has 5 nitrogen and oxygen atoms in total. The van der Waals surface area contributed by atoms with Crippen LogP contribution in [0.3, 0.4) is 0 Å². The van der Waals surface area contributed by atoms with Crippen LogP contribution in [0.4, 0.5) is 5.69 Å². The van der Waals surface area contributed by atoms with E-state index in [-0.39, 0.29) is 5.69 Å². The Bertz CT molecular complexity index is 390. The van der Waals surface area contributed by atoms with Crippen LogP contribution in [0, 0.1) is 10.1 Å². The Balaban J connectivity index is 2.59. The fourth-order valence-electron chi connectivity index (χ4n) is 1.71. The summed E-state index contributed by atoms with van der Waals surface area (Å²) in [5.41, 5.74) is 2.02. The van der Waals surface area contributed by atoms with Crippen LogP contribution in [-0.2, 0) is 13.1 Å². The highest BCUT2D eigenvalue weighted by molar-refractivity contribution is 5.56. The fraction of sp³-hybridized carbons (Fsp3) is 0.333. The van der Waals surface area contributed by atoms with Gasteiger partial charge in [0.05, 0.1) is 12.0 Å². The SMILES string of the molecule is COc1c([N+](=O)[O-])ccc2c1CNC2. The molecule has 0 aromatic heterocycles. The molecule has 0 spiro atoms. The molecule has 5 heteroatoms. The first-order valence-electron chi connectivity index (χ1n) is 4.28. The summed E-state index contributed by atoms with van der Waals surface area (Å²) in [5.74, 6) is 0.387. The molecule has 14 heavy (non-hydrogen) atoms. The monoisotopic (exact) mass is 194 g/mol. The molecule has 0 saturated carbocycles. The Labute approximate surface area is 80.8 Å². The van der Waals surface area contributed by atoms with Crippen LogP contribution in [0.25, 0.3) is 0 Å². The average Bonchev–Trinajstić information content (AvgIpc) is 2.63. The molecule has 2 rings (SSSR count). The Morgan fingerprint density at radius 2 is 2.29 bits per heavy atom. The van der Waals surface area contributed by atoms with Gasteiger partial charge in [0.15, 0.2) is 0 Å². The standard InChI is InChI=1S/C9H10N2O3/c1-14-9-7-5-10-4-6(7)2-3-8(9)11(12)13/h2-3,10H,4-5H2,1H3. The topological polar surface area (TPSA) is 64.4 Å². The number of nitro groups is 1. The van der Waals surface area contributed by atoms with Crippen molar-refractivity contribution >= 4 is 5.69 Å². The third kappa shape index (κ3) is 1.22. The van der Waals surface area contributed by atoms with Crippen molar-refractivity contribution in [2.45, 2.75) is 13.1 Å². The average molecular weight is 194 g/mol. The lowest BCUT2D eigenvalue weighted by molar-refractivity contribution is -0.385. The summed E-state index contributed by atoms with van der Waals surface area (Å²) >= 11 is 0. The molecule has 0 radical (unpaired) electrons. The number of methoxy groups -OCH3 is 1. The maximum Gasteiger partial charge on any atom is 0.311 e. The number of benzene rings is 1. The molecule has 74 valence electrons. The van der Waals surface area contributed by atoms with Gasteiger partial charge >= 0.3 is 5.69 Å². The van der Waals surface area contributed by atoms with Crippen LogP contribution in [0.15, 0.2) is 12.1 Å². The van der Waals surface area contributed by atoms with E-state index >= 15 is 0 Å². The summed E-state index contributed by atoms with van der Waals surface area (Å²) < 4.78 is 5.07. The zero-order valence-electron chi connectivity index (χ0n) is 7.74. The Kier molecular flexibility index (Phi) is 2.09. The Morgan fingerprint density at radius 1 is 1.50 bits per heavy atom. The third-order valence-corrected chi connectivity index (χ3v) is 2.35. The molecule has 0 atom stereocenters. The summed E-state index contributed by atoms with van der Waals surface area (Å²) in [6, 6.07) is 3.26. The minimum atomic E-state index is -0.419. The second-order valence-corrected chi connectivity index (χ2v) is 3.12. The number of hydrogen-bond acceptors (Lipinski definition) is 4. The van der Waals surface area contributed by atoms with E-state index in [9.17, 15) is 10.1 Å². The number of nitrogens with one attached hydrogen (secondary N) is 1. The lowest BCUT2D eigenvalue weighted by Gasteiger charge is -2.06. The van der Waals surface area contributed by atoms with Crippen molar-refractivity contribution in [1.29, 1.82) is 0 Å². The van der Waals surface area contributed by atoms with Gasteiger partial charge in [0, 0.05) is 24.7 Å². The van der Waals surface area contributed by atoms with Crippen LogP contribution in [0.2, 0.25) is 0 Å². The zero-order chi connectivity index (χ0) is 10.1. The lowest BCUT2D eigenvalue weighted by Crippen LogP contribution is -2.01.